The lowest BCUT2D eigenvalue weighted by atomic mass is 10.9. The molecule has 0 fully saturated rings. The second-order valence-corrected chi connectivity index (χ2v) is 3.22. The van der Waals surface area contributed by atoms with Crippen LogP contribution >= 0.6 is 23.6 Å². The number of hydrogen-bond donors (Lipinski definition) is 1. The van der Waals surface area contributed by atoms with E-state index in [1.165, 1.54) is 0 Å². The Hall–Kier alpha value is -0.680. The van der Waals surface area contributed by atoms with Crippen LogP contribution in [0.15, 0.2) is 16.6 Å². The molecule has 0 radical (unpaired) electrons. The largest absolute Gasteiger partial charge is 0.364 e. The fourth-order valence-corrected chi connectivity index (χ4v) is 1.46. The van der Waals surface area contributed by atoms with Gasteiger partial charge in [-0.25, -0.2) is 0 Å². The number of thiocarbonyl (C=S) groups is 1. The minimum absolute atomic E-state index is 0.517. The van der Waals surface area contributed by atoms with Gasteiger partial charge in [-0.15, -0.1) is 11.3 Å². The van der Waals surface area contributed by atoms with Crippen molar-refractivity contribution >= 4 is 28.7 Å². The molecule has 1 aromatic rings. The van der Waals surface area contributed by atoms with Gasteiger partial charge in [0.05, 0.1) is 0 Å². The lowest BCUT2D eigenvalue weighted by Gasteiger charge is -1.92. The minimum atomic E-state index is 0.517. The molecule has 0 amide bonds. The van der Waals surface area contributed by atoms with Crippen molar-refractivity contribution in [2.24, 2.45) is 12.0 Å². The molecule has 0 unspecified atom stereocenters. The third-order valence-electron chi connectivity index (χ3n) is 1.17. The van der Waals surface area contributed by atoms with Crippen LogP contribution in [-0.4, -0.2) is 16.7 Å². The average molecular weight is 187 g/mol. The van der Waals surface area contributed by atoms with Crippen LogP contribution in [0.1, 0.15) is 0 Å². The van der Waals surface area contributed by atoms with E-state index < -0.39 is 0 Å². The zero-order valence-electron chi connectivity index (χ0n) is 6.37. The summed E-state index contributed by atoms with van der Waals surface area (Å²) in [5.74, 6) is 0. The van der Waals surface area contributed by atoms with Crippen molar-refractivity contribution < 1.29 is 0 Å². The molecule has 0 saturated heterocycles. The summed E-state index contributed by atoms with van der Waals surface area (Å²) in [4.78, 5) is 5.05. The molecule has 1 N–H and O–H groups in total. The number of aromatic nitrogens is 1. The van der Waals surface area contributed by atoms with Crippen LogP contribution in [0.5, 0.6) is 0 Å². The van der Waals surface area contributed by atoms with E-state index >= 15 is 0 Å². The highest BCUT2D eigenvalue weighted by molar-refractivity contribution is 7.80. The minimum Gasteiger partial charge on any atom is -0.364 e. The molecule has 0 atom stereocenters. The number of rotatable bonds is 0. The Morgan fingerprint density at radius 3 is 3.00 bits per heavy atom. The molecular formula is C6H9N3S2. The van der Waals surface area contributed by atoms with Gasteiger partial charge < -0.3 is 9.88 Å². The first-order chi connectivity index (χ1) is 5.24. The summed E-state index contributed by atoms with van der Waals surface area (Å²) in [5, 5.41) is 5.27. The molecule has 0 aliphatic heterocycles. The van der Waals surface area contributed by atoms with E-state index in [4.69, 9.17) is 12.2 Å². The van der Waals surface area contributed by atoms with Crippen molar-refractivity contribution in [1.82, 2.24) is 9.88 Å². The highest BCUT2D eigenvalue weighted by atomic mass is 32.1. The van der Waals surface area contributed by atoms with Gasteiger partial charge in [-0.2, -0.15) is 4.99 Å². The molecule has 0 aliphatic carbocycles. The molecule has 5 heteroatoms. The van der Waals surface area contributed by atoms with E-state index in [1.807, 2.05) is 23.2 Å². The second kappa shape index (κ2) is 3.64. The third-order valence-corrected chi connectivity index (χ3v) is 2.31. The van der Waals surface area contributed by atoms with Crippen LogP contribution in [-0.2, 0) is 7.05 Å². The van der Waals surface area contributed by atoms with Gasteiger partial charge in [-0.1, -0.05) is 0 Å². The van der Waals surface area contributed by atoms with E-state index in [1.54, 1.807) is 18.4 Å². The van der Waals surface area contributed by atoms with Crippen molar-refractivity contribution in [3.63, 3.8) is 0 Å². The molecule has 1 rings (SSSR count). The maximum atomic E-state index is 4.88. The number of hydrogen-bond acceptors (Lipinski definition) is 2. The van der Waals surface area contributed by atoms with Crippen molar-refractivity contribution in [1.29, 1.82) is 0 Å². The molecule has 0 spiro atoms. The first-order valence-electron chi connectivity index (χ1n) is 3.10. The fourth-order valence-electron chi connectivity index (χ4n) is 0.577. The summed E-state index contributed by atoms with van der Waals surface area (Å²) in [5.41, 5.74) is 0. The molecule has 1 heterocycles. The highest BCUT2D eigenvalue weighted by Gasteiger charge is 1.89. The fraction of sp³-hybridized carbons (Fsp3) is 0.333. The average Bonchev–Trinajstić information content (AvgIpc) is 2.37. The predicted molar refractivity (Wildman–Crippen MR) is 50.5 cm³/mol. The molecule has 0 aromatic carbocycles. The van der Waals surface area contributed by atoms with Crippen LogP contribution in [0.3, 0.4) is 0 Å². The molecule has 0 bridgehead atoms. The van der Waals surface area contributed by atoms with Crippen molar-refractivity contribution in [2.45, 2.75) is 0 Å². The summed E-state index contributed by atoms with van der Waals surface area (Å²) < 4.78 is 1.92. The monoisotopic (exact) mass is 187 g/mol. The van der Waals surface area contributed by atoms with Crippen molar-refractivity contribution in [3.8, 4) is 0 Å². The first kappa shape index (κ1) is 8.42. The molecule has 0 saturated carbocycles. The van der Waals surface area contributed by atoms with E-state index in [0.29, 0.717) is 5.11 Å². The van der Waals surface area contributed by atoms with Gasteiger partial charge in [-0.3, -0.25) is 0 Å². The quantitative estimate of drug-likeness (QED) is 0.599. The van der Waals surface area contributed by atoms with Gasteiger partial charge in [-0.05, 0) is 12.2 Å². The summed E-state index contributed by atoms with van der Waals surface area (Å²) in [7, 11) is 3.70. The Morgan fingerprint density at radius 2 is 2.55 bits per heavy atom. The summed E-state index contributed by atoms with van der Waals surface area (Å²) in [6.07, 6.45) is 1.95. The van der Waals surface area contributed by atoms with Crippen LogP contribution in [0.2, 0.25) is 0 Å². The Kier molecular flexibility index (Phi) is 2.78. The van der Waals surface area contributed by atoms with Gasteiger partial charge in [0.15, 0.2) is 9.91 Å². The molecule has 11 heavy (non-hydrogen) atoms. The van der Waals surface area contributed by atoms with Crippen LogP contribution in [0.25, 0.3) is 0 Å². The number of nitrogens with one attached hydrogen (secondary N) is 1. The van der Waals surface area contributed by atoms with Gasteiger partial charge in [0, 0.05) is 25.7 Å². The standard InChI is InChI=1S/C6H9N3S2/c1-7-5(10)8-6-9(2)3-4-11-6/h3-4H,1-2H3,(H,7,10). The van der Waals surface area contributed by atoms with Crippen molar-refractivity contribution in [3.05, 3.63) is 16.4 Å². The third kappa shape index (κ3) is 2.13. The van der Waals surface area contributed by atoms with E-state index in [0.717, 1.165) is 4.80 Å². The second-order valence-electron chi connectivity index (χ2n) is 1.96. The Morgan fingerprint density at radius 1 is 1.82 bits per heavy atom. The zero-order valence-corrected chi connectivity index (χ0v) is 8.00. The molecule has 3 nitrogen and oxygen atoms in total. The van der Waals surface area contributed by atoms with Crippen molar-refractivity contribution in [2.75, 3.05) is 7.05 Å². The van der Waals surface area contributed by atoms with Crippen LogP contribution in [0, 0.1) is 0 Å². The van der Waals surface area contributed by atoms with E-state index in [2.05, 4.69) is 10.3 Å². The summed E-state index contributed by atoms with van der Waals surface area (Å²) in [6, 6.07) is 0. The SMILES string of the molecule is CNC(=S)N=c1sccn1C. The summed E-state index contributed by atoms with van der Waals surface area (Å²) in [6.45, 7) is 0. The lowest BCUT2D eigenvalue weighted by molar-refractivity contribution is 0.875. The maximum Gasteiger partial charge on any atom is 0.195 e. The molecule has 0 aliphatic rings. The smallest absolute Gasteiger partial charge is 0.195 e. The Bertz CT molecular complexity index is 310. The van der Waals surface area contributed by atoms with Gasteiger partial charge in [0.1, 0.15) is 0 Å². The molecule has 60 valence electrons. The highest BCUT2D eigenvalue weighted by Crippen LogP contribution is 1.85. The number of thiazole rings is 1. The van der Waals surface area contributed by atoms with Gasteiger partial charge >= 0.3 is 0 Å². The van der Waals surface area contributed by atoms with Gasteiger partial charge in [0.2, 0.25) is 0 Å². The van der Waals surface area contributed by atoms with E-state index in [-0.39, 0.29) is 0 Å². The Balaban J connectivity index is 3.00. The topological polar surface area (TPSA) is 29.3 Å². The normalized spacial score (nSPS) is 11.6. The van der Waals surface area contributed by atoms with Crippen LogP contribution < -0.4 is 10.1 Å². The van der Waals surface area contributed by atoms with Gasteiger partial charge in [0.25, 0.3) is 0 Å². The Labute approximate surface area is 74.4 Å². The summed E-state index contributed by atoms with van der Waals surface area (Å²) >= 11 is 6.44. The zero-order chi connectivity index (χ0) is 8.27. The lowest BCUT2D eigenvalue weighted by Crippen LogP contribution is -2.19. The first-order valence-corrected chi connectivity index (χ1v) is 4.39. The number of aryl methyl sites for hydroxylation is 1. The molecular weight excluding hydrogens is 178 g/mol. The van der Waals surface area contributed by atoms with E-state index in [9.17, 15) is 0 Å². The maximum absolute atomic E-state index is 4.88. The van der Waals surface area contributed by atoms with Crippen LogP contribution in [0.4, 0.5) is 0 Å². The number of nitrogens with zero attached hydrogens (tertiary/aromatic N) is 2. The predicted octanol–water partition coefficient (Wildman–Crippen LogP) is 0.492. The molecule has 1 aromatic heterocycles.